The number of aromatic nitrogens is 4. The molecule has 6 nitrogen and oxygen atoms in total. The van der Waals surface area contributed by atoms with Gasteiger partial charge >= 0.3 is 0 Å². The number of aryl methyl sites for hydroxylation is 3. The van der Waals surface area contributed by atoms with Crippen LogP contribution < -0.4 is 10.6 Å². The first-order valence-corrected chi connectivity index (χ1v) is 8.95. The van der Waals surface area contributed by atoms with Gasteiger partial charge in [0.2, 0.25) is 0 Å². The van der Waals surface area contributed by atoms with Crippen molar-refractivity contribution >= 4 is 23.0 Å². The Kier molecular flexibility index (Phi) is 5.37. The smallest absolute Gasteiger partial charge is 0.171 e. The van der Waals surface area contributed by atoms with Crippen LogP contribution in [-0.2, 0) is 20.1 Å². The lowest BCUT2D eigenvalue weighted by molar-refractivity contribution is 0.657. The maximum atomic E-state index is 5.43. The third-order valence-electron chi connectivity index (χ3n) is 4.41. The lowest BCUT2D eigenvalue weighted by Crippen LogP contribution is -2.28. The SMILES string of the molecule is Cc1ccccc1Cn1nc(C)c(NC(=S)NCc2cnn(C)c2)c1C. The van der Waals surface area contributed by atoms with Gasteiger partial charge < -0.3 is 10.6 Å². The maximum absolute atomic E-state index is 5.43. The predicted molar refractivity (Wildman–Crippen MR) is 108 cm³/mol. The zero-order valence-corrected chi connectivity index (χ0v) is 16.4. The molecule has 0 saturated carbocycles. The van der Waals surface area contributed by atoms with Crippen molar-refractivity contribution in [2.24, 2.45) is 7.05 Å². The molecule has 2 aromatic heterocycles. The van der Waals surface area contributed by atoms with E-state index in [-0.39, 0.29) is 0 Å². The maximum Gasteiger partial charge on any atom is 0.171 e. The molecule has 26 heavy (non-hydrogen) atoms. The Labute approximate surface area is 159 Å². The van der Waals surface area contributed by atoms with Crippen LogP contribution in [0.1, 0.15) is 28.1 Å². The Morgan fingerprint density at radius 3 is 2.65 bits per heavy atom. The lowest BCUT2D eigenvalue weighted by Gasteiger charge is -2.11. The first-order valence-electron chi connectivity index (χ1n) is 8.55. The normalized spacial score (nSPS) is 10.8. The molecule has 0 radical (unpaired) electrons. The number of nitrogens with zero attached hydrogens (tertiary/aromatic N) is 4. The van der Waals surface area contributed by atoms with E-state index in [1.54, 1.807) is 4.68 Å². The largest absolute Gasteiger partial charge is 0.358 e. The minimum atomic E-state index is 0.579. The highest BCUT2D eigenvalue weighted by Crippen LogP contribution is 2.21. The highest BCUT2D eigenvalue weighted by atomic mass is 32.1. The molecule has 2 N–H and O–H groups in total. The van der Waals surface area contributed by atoms with Gasteiger partial charge in [0.05, 0.1) is 29.8 Å². The van der Waals surface area contributed by atoms with Crippen molar-refractivity contribution in [1.82, 2.24) is 24.9 Å². The van der Waals surface area contributed by atoms with Gasteiger partial charge in [0.1, 0.15) is 0 Å². The number of benzene rings is 1. The molecule has 0 bridgehead atoms. The fourth-order valence-corrected chi connectivity index (χ4v) is 3.06. The van der Waals surface area contributed by atoms with Crippen molar-refractivity contribution in [3.05, 3.63) is 64.7 Å². The zero-order valence-electron chi connectivity index (χ0n) is 15.6. The zero-order chi connectivity index (χ0) is 18.7. The van der Waals surface area contributed by atoms with Crippen LogP contribution >= 0.6 is 12.2 Å². The Balaban J connectivity index is 1.67. The standard InChI is InChI=1S/C19H24N6S/c1-13-7-5-6-8-17(13)12-25-15(3)18(14(2)23-25)22-19(26)20-9-16-10-21-24(4)11-16/h5-8,10-11H,9,12H2,1-4H3,(H2,20,22,26). The van der Waals surface area contributed by atoms with Crippen molar-refractivity contribution in [2.45, 2.75) is 33.9 Å². The summed E-state index contributed by atoms with van der Waals surface area (Å²) in [5.41, 5.74) is 6.57. The molecule has 0 fully saturated rings. The Hall–Kier alpha value is -2.67. The monoisotopic (exact) mass is 368 g/mol. The van der Waals surface area contributed by atoms with Crippen LogP contribution in [0.5, 0.6) is 0 Å². The predicted octanol–water partition coefficient (Wildman–Crippen LogP) is 3.08. The second kappa shape index (κ2) is 7.70. The molecule has 0 spiro atoms. The third kappa shape index (κ3) is 4.11. The van der Waals surface area contributed by atoms with E-state index in [1.807, 2.05) is 31.0 Å². The molecule has 1 aromatic carbocycles. The molecule has 136 valence electrons. The minimum absolute atomic E-state index is 0.579. The first kappa shape index (κ1) is 18.1. The summed E-state index contributed by atoms with van der Waals surface area (Å²) in [4.78, 5) is 0. The molecule has 3 rings (SSSR count). The number of anilines is 1. The summed E-state index contributed by atoms with van der Waals surface area (Å²) in [6.45, 7) is 7.56. The summed E-state index contributed by atoms with van der Waals surface area (Å²) in [5.74, 6) is 0. The molecular formula is C19H24N6S. The van der Waals surface area contributed by atoms with Gasteiger partial charge in [0.15, 0.2) is 5.11 Å². The van der Waals surface area contributed by atoms with Crippen molar-refractivity contribution in [3.8, 4) is 0 Å². The van der Waals surface area contributed by atoms with Crippen molar-refractivity contribution in [3.63, 3.8) is 0 Å². The summed E-state index contributed by atoms with van der Waals surface area (Å²) in [5, 5.41) is 15.9. The molecular weight excluding hydrogens is 344 g/mol. The highest BCUT2D eigenvalue weighted by Gasteiger charge is 2.13. The van der Waals surface area contributed by atoms with Gasteiger partial charge in [-0.05, 0) is 44.1 Å². The average molecular weight is 369 g/mol. The number of hydrogen-bond acceptors (Lipinski definition) is 3. The topological polar surface area (TPSA) is 59.7 Å². The van der Waals surface area contributed by atoms with Crippen molar-refractivity contribution in [2.75, 3.05) is 5.32 Å². The van der Waals surface area contributed by atoms with E-state index < -0.39 is 0 Å². The molecule has 0 aliphatic heterocycles. The van der Waals surface area contributed by atoms with E-state index in [0.717, 1.165) is 29.2 Å². The summed E-state index contributed by atoms with van der Waals surface area (Å²) < 4.78 is 3.79. The average Bonchev–Trinajstić information content (AvgIpc) is 3.13. The third-order valence-corrected chi connectivity index (χ3v) is 4.66. The van der Waals surface area contributed by atoms with Crippen LogP contribution in [0.25, 0.3) is 0 Å². The van der Waals surface area contributed by atoms with E-state index in [4.69, 9.17) is 12.2 Å². The summed E-state index contributed by atoms with van der Waals surface area (Å²) in [6.07, 6.45) is 3.79. The number of thiocarbonyl (C=S) groups is 1. The Morgan fingerprint density at radius 2 is 1.96 bits per heavy atom. The molecule has 2 heterocycles. The van der Waals surface area contributed by atoms with Gasteiger partial charge in [-0.3, -0.25) is 9.36 Å². The first-order chi connectivity index (χ1) is 12.4. The summed E-state index contributed by atoms with van der Waals surface area (Å²) in [6, 6.07) is 8.38. The molecule has 0 saturated heterocycles. The quantitative estimate of drug-likeness (QED) is 0.678. The minimum Gasteiger partial charge on any atom is -0.358 e. The van der Waals surface area contributed by atoms with Crippen LogP contribution in [0.4, 0.5) is 5.69 Å². The van der Waals surface area contributed by atoms with E-state index in [9.17, 15) is 0 Å². The van der Waals surface area contributed by atoms with Crippen LogP contribution in [0, 0.1) is 20.8 Å². The molecule has 3 aromatic rings. The molecule has 7 heteroatoms. The molecule has 0 amide bonds. The van der Waals surface area contributed by atoms with Gasteiger partial charge in [0, 0.05) is 25.4 Å². The van der Waals surface area contributed by atoms with Crippen molar-refractivity contribution in [1.29, 1.82) is 0 Å². The second-order valence-corrected chi connectivity index (χ2v) is 6.87. The van der Waals surface area contributed by atoms with E-state index in [1.165, 1.54) is 11.1 Å². The van der Waals surface area contributed by atoms with Gasteiger partial charge in [-0.1, -0.05) is 24.3 Å². The lowest BCUT2D eigenvalue weighted by atomic mass is 10.1. The van der Waals surface area contributed by atoms with Gasteiger partial charge in [0.25, 0.3) is 0 Å². The molecule has 0 aliphatic rings. The van der Waals surface area contributed by atoms with Crippen LogP contribution in [0.2, 0.25) is 0 Å². The van der Waals surface area contributed by atoms with Gasteiger partial charge in [-0.25, -0.2) is 0 Å². The van der Waals surface area contributed by atoms with Crippen LogP contribution in [0.3, 0.4) is 0 Å². The molecule has 0 atom stereocenters. The Morgan fingerprint density at radius 1 is 1.19 bits per heavy atom. The fraction of sp³-hybridized carbons (Fsp3) is 0.316. The fourth-order valence-electron chi connectivity index (χ4n) is 2.88. The molecule has 0 unspecified atom stereocenters. The number of hydrogen-bond donors (Lipinski definition) is 2. The van der Waals surface area contributed by atoms with E-state index in [0.29, 0.717) is 11.7 Å². The number of rotatable bonds is 5. The Bertz CT molecular complexity index is 924. The van der Waals surface area contributed by atoms with E-state index >= 15 is 0 Å². The van der Waals surface area contributed by atoms with Gasteiger partial charge in [-0.15, -0.1) is 0 Å². The summed E-state index contributed by atoms with van der Waals surface area (Å²) >= 11 is 5.43. The van der Waals surface area contributed by atoms with Crippen LogP contribution in [0.15, 0.2) is 36.7 Å². The van der Waals surface area contributed by atoms with Crippen molar-refractivity contribution < 1.29 is 0 Å². The second-order valence-electron chi connectivity index (χ2n) is 6.46. The van der Waals surface area contributed by atoms with Gasteiger partial charge in [-0.2, -0.15) is 10.2 Å². The highest BCUT2D eigenvalue weighted by molar-refractivity contribution is 7.80. The van der Waals surface area contributed by atoms with E-state index in [2.05, 4.69) is 58.9 Å². The van der Waals surface area contributed by atoms with Crippen LogP contribution in [-0.4, -0.2) is 24.7 Å². The summed E-state index contributed by atoms with van der Waals surface area (Å²) in [7, 11) is 1.90. The number of nitrogens with one attached hydrogen (secondary N) is 2. The molecule has 0 aliphatic carbocycles.